The molecule has 0 bridgehead atoms. The highest BCUT2D eigenvalue weighted by Gasteiger charge is 2.53. The van der Waals surface area contributed by atoms with Gasteiger partial charge in [-0.25, -0.2) is 29.4 Å². The van der Waals surface area contributed by atoms with E-state index in [1.807, 2.05) is 190 Å². The van der Waals surface area contributed by atoms with Crippen molar-refractivity contribution in [3.05, 3.63) is 383 Å². The number of hydrogen-bond acceptors (Lipinski definition) is 24. The molecule has 144 heavy (non-hydrogen) atoms. The van der Waals surface area contributed by atoms with Crippen LogP contribution < -0.4 is 34.0 Å². The lowest BCUT2D eigenvalue weighted by Crippen LogP contribution is -2.52. The Kier molecular flexibility index (Phi) is 30.6. The van der Waals surface area contributed by atoms with Gasteiger partial charge in [0.1, 0.15) is 22.4 Å². The number of nitrogens with two attached hydrogens (primary N) is 5. The Morgan fingerprint density at radius 3 is 1.51 bits per heavy atom. The third kappa shape index (κ3) is 20.8. The third-order valence-electron chi connectivity index (χ3n) is 27.9. The summed E-state index contributed by atoms with van der Waals surface area (Å²) in [4.78, 5) is 113. The number of ether oxygens (including phenoxy) is 2. The van der Waals surface area contributed by atoms with E-state index in [2.05, 4.69) is 56.7 Å². The molecule has 32 heteroatoms. The van der Waals surface area contributed by atoms with Gasteiger partial charge in [-0.2, -0.15) is 15.8 Å². The number of aliphatic hydroxyl groups excluding tert-OH is 1. The molecular weight excluding hydrogens is 1860 g/mol. The fourth-order valence-electron chi connectivity index (χ4n) is 19.0. The maximum absolute atomic E-state index is 14.3. The molecule has 732 valence electrons. The summed E-state index contributed by atoms with van der Waals surface area (Å²) in [6.45, 7) is 5.86. The number of halogens is 2. The molecule has 19 rings (SSSR count). The number of likely N-dealkylation sites (N-methyl/N-ethyl adjacent to an activating group) is 2. The zero-order valence-electron chi connectivity index (χ0n) is 81.1. The first-order chi connectivity index (χ1) is 69.1. The fraction of sp³-hybridized carbons (Fsp3) is 0.259. The summed E-state index contributed by atoms with van der Waals surface area (Å²) in [6.07, 6.45) is 10.4. The van der Waals surface area contributed by atoms with Crippen molar-refractivity contribution in [2.75, 3.05) is 42.4 Å². The Bertz CT molecular complexity index is 6940. The van der Waals surface area contributed by atoms with E-state index in [0.717, 1.165) is 111 Å². The molecule has 1 unspecified atom stereocenters. The number of guanidine groups is 5. The van der Waals surface area contributed by atoms with Crippen molar-refractivity contribution in [3.63, 3.8) is 0 Å². The van der Waals surface area contributed by atoms with Crippen LogP contribution >= 0.6 is 22.9 Å². The number of pyridine rings is 1. The van der Waals surface area contributed by atoms with Gasteiger partial charge < -0.3 is 48.6 Å². The maximum Gasteiger partial charge on any atom is 0.266 e. The van der Waals surface area contributed by atoms with Crippen LogP contribution in [0.5, 0.6) is 0 Å². The van der Waals surface area contributed by atoms with E-state index in [0.29, 0.717) is 55.6 Å². The molecule has 10 aromatic carbocycles. The van der Waals surface area contributed by atoms with Gasteiger partial charge in [-0.15, -0.1) is 11.3 Å². The highest BCUT2D eigenvalue weighted by molar-refractivity contribution is 7.12. The summed E-state index contributed by atoms with van der Waals surface area (Å²) in [5.41, 5.74) is 40.2. The number of rotatable bonds is 20. The summed E-state index contributed by atoms with van der Waals surface area (Å²) in [7, 11) is 9.99. The van der Waals surface area contributed by atoms with E-state index >= 15 is 0 Å². The Hall–Kier alpha value is -16.2. The molecule has 2 saturated carbocycles. The molecule has 5 aliphatic heterocycles. The number of aromatic nitrogens is 1. The quantitative estimate of drug-likeness (QED) is 0.0373. The smallest absolute Gasteiger partial charge is 0.266 e. The first-order valence-electron chi connectivity index (χ1n) is 46.7. The number of nitrogens with zero attached hydrogens (tertiary/aromatic N) is 14. The van der Waals surface area contributed by atoms with Crippen LogP contribution in [0.15, 0.2) is 304 Å². The van der Waals surface area contributed by atoms with Crippen molar-refractivity contribution < 1.29 is 47.7 Å². The number of carbonyl (C=O) groups is 6. The first-order valence-corrected chi connectivity index (χ1v) is 47.9. The van der Waals surface area contributed by atoms with E-state index < -0.39 is 39.8 Å². The van der Waals surface area contributed by atoms with Crippen molar-refractivity contribution in [1.29, 1.82) is 15.8 Å². The highest BCUT2D eigenvalue weighted by atomic mass is 35.5. The third-order valence-corrected chi connectivity index (χ3v) is 29.6. The number of hydrogen-bond donors (Lipinski definition) is 7. The second-order valence-electron chi connectivity index (χ2n) is 36.8. The predicted molar refractivity (Wildman–Crippen MR) is 552 cm³/mol. The Labute approximate surface area is 844 Å². The number of amides is 6. The zero-order valence-corrected chi connectivity index (χ0v) is 82.7. The summed E-state index contributed by atoms with van der Waals surface area (Å²) in [5.74, 6) is -1.62. The topological polar surface area (TPSA) is 446 Å². The van der Waals surface area contributed by atoms with Crippen LogP contribution in [0.1, 0.15) is 188 Å². The lowest BCUT2D eigenvalue weighted by Gasteiger charge is -2.42. The number of nitriles is 3. The van der Waals surface area contributed by atoms with Crippen molar-refractivity contribution in [3.8, 4) is 40.5 Å². The molecular formula is C112H110ClFN20O9S. The Morgan fingerprint density at radius 2 is 1.01 bits per heavy atom. The minimum absolute atomic E-state index is 0.0146. The number of carbonyl (C=O) groups excluding carboxylic acids is 6. The van der Waals surface area contributed by atoms with Gasteiger partial charge in [0.25, 0.3) is 11.8 Å². The molecule has 7 aliphatic rings. The first kappa shape index (κ1) is 102. The van der Waals surface area contributed by atoms with Crippen LogP contribution in [0.2, 0.25) is 5.02 Å². The van der Waals surface area contributed by atoms with E-state index in [9.17, 15) is 48.8 Å². The zero-order chi connectivity index (χ0) is 103. The minimum Gasteiger partial charge on any atom is -0.391 e. The van der Waals surface area contributed by atoms with Gasteiger partial charge >= 0.3 is 0 Å². The molecule has 29 nitrogen and oxygen atoms in total. The van der Waals surface area contributed by atoms with Gasteiger partial charge in [-0.3, -0.25) is 58.3 Å². The highest BCUT2D eigenvalue weighted by Crippen LogP contribution is 2.51. The van der Waals surface area contributed by atoms with E-state index in [1.54, 1.807) is 116 Å². The lowest BCUT2D eigenvalue weighted by atomic mass is 9.72. The van der Waals surface area contributed by atoms with E-state index in [1.165, 1.54) is 54.0 Å². The van der Waals surface area contributed by atoms with Gasteiger partial charge in [0.15, 0.2) is 35.3 Å². The van der Waals surface area contributed by atoms with Crippen LogP contribution in [0.4, 0.5) is 4.39 Å². The van der Waals surface area contributed by atoms with Gasteiger partial charge in [0.05, 0.1) is 90.0 Å². The van der Waals surface area contributed by atoms with Gasteiger partial charge in [-0.1, -0.05) is 194 Å². The molecule has 2 aliphatic carbocycles. The molecule has 6 amide bonds. The molecule has 0 spiro atoms. The van der Waals surface area contributed by atoms with Crippen LogP contribution in [-0.2, 0) is 86.5 Å². The number of thiophene rings is 1. The average molecular weight is 1970 g/mol. The molecule has 12 aromatic rings. The molecule has 12 N–H and O–H groups in total. The van der Waals surface area contributed by atoms with E-state index in [-0.39, 0.29) is 108 Å². The van der Waals surface area contributed by atoms with Gasteiger partial charge in [-0.05, 0) is 217 Å². The SMILES string of the molecule is CN1C(=O)CC(c2cccc(-c3cccnc3)c2)N=C1N.CN1C(=O)C[C@@](C)(c2cc(-c3cc(C#N)ccc3F)c(CO)s2)N=C1N.COC1(c2ccc([C@@H]3C(=O)N(C)C(N)=N[C@]3(C)c3cccc(C#N)c3)cc2)CCC1.COC1(c2ccc([C@H]3C(=O)N(C)C(N)=N[C@]3(C)c3cccc(C#N)c3)cc2)CCC1.NC1=NC(c2ccccc2)(c2ccccc2)C(=O)N1Cc1cccc(C(=O)NCc2ccc(Cl)cc2)c1. The summed E-state index contributed by atoms with van der Waals surface area (Å²) < 4.78 is 25.9. The van der Waals surface area contributed by atoms with Crippen LogP contribution in [0.3, 0.4) is 0 Å². The number of benzene rings is 10. The summed E-state index contributed by atoms with van der Waals surface area (Å²) >= 11 is 7.19. The van der Waals surface area contributed by atoms with Crippen LogP contribution in [0, 0.1) is 39.8 Å². The van der Waals surface area contributed by atoms with Crippen LogP contribution in [-0.4, -0.2) is 142 Å². The summed E-state index contributed by atoms with van der Waals surface area (Å²) in [5, 5.41) is 41.0. The van der Waals surface area contributed by atoms with Crippen LogP contribution in [0.25, 0.3) is 22.3 Å². The van der Waals surface area contributed by atoms with Gasteiger partial charge in [0, 0.05) is 92.8 Å². The number of nitrogens with one attached hydrogen (secondary N) is 1. The molecule has 0 radical (unpaired) electrons. The van der Waals surface area contributed by atoms with Crippen molar-refractivity contribution in [2.45, 2.75) is 143 Å². The molecule has 2 aromatic heterocycles. The largest absolute Gasteiger partial charge is 0.391 e. The lowest BCUT2D eigenvalue weighted by molar-refractivity contribution is -0.131. The molecule has 7 heterocycles. The second-order valence-corrected chi connectivity index (χ2v) is 38.3. The van der Waals surface area contributed by atoms with Crippen molar-refractivity contribution in [1.82, 2.24) is 34.8 Å². The van der Waals surface area contributed by atoms with Crippen molar-refractivity contribution >= 4 is 88.2 Å². The number of aliphatic imine (C=N–C) groups is 5. The van der Waals surface area contributed by atoms with E-state index in [4.69, 9.17) is 70.0 Å². The standard InChI is InChI=1S/C30H25ClN4O2.2C24H26N4O2.C18H17FN4O2S.C16H16N4O/c31-26-16-14-21(15-17-26)19-33-27(36)23-9-7-8-22(18-23)20-35-28(37)30(34-29(35)32,24-10-3-1-4-11-24)25-12-5-2-6-13-25;2*1-23(19-7-4-6-16(14-19)15-25)20(21(29)28(2)22(26)27-23)17-8-10-18(11-9-17)24(30-3)12-5-13-24;1-18(7-16(25)23(2)17(21)22-18)15-6-12(14(9-24)26-15)11-5-10(8-20)3-4-13(11)19;1-20-15(21)9-14(19-16(20)17)12-5-2-4-11(8-12)13-6-3-7-18-10-13/h1-18H,19-20H2,(H2,32,34)(H,33,36);2*4,6-11,14,20H,5,12-13H2,1-3H3,(H2,26,27);3-6,24H,7,9H2,1-2H3,(H2,21,22);2-8,10,14H,9H2,1H3,(H2,17,19)/t;20-,23+;20-,23-;18-;/m.010./s1. The number of methoxy groups -OCH3 is 2. The molecule has 6 atom stereocenters. The normalized spacial score (nSPS) is 20.5. The molecule has 2 fully saturated rings. The van der Waals surface area contributed by atoms with Gasteiger partial charge in [0.2, 0.25) is 23.6 Å². The minimum atomic E-state index is -1.26. The second kappa shape index (κ2) is 43.1. The maximum atomic E-state index is 14.3. The fourth-order valence-corrected chi connectivity index (χ4v) is 20.3. The predicted octanol–water partition coefficient (Wildman–Crippen LogP) is 15.9. The average Bonchev–Trinajstić information content (AvgIpc) is 0.882. The molecule has 0 saturated heterocycles. The summed E-state index contributed by atoms with van der Waals surface area (Å²) in [6, 6.07) is 87.8. The number of aliphatic hydroxyl groups is 1. The Morgan fingerprint density at radius 1 is 0.507 bits per heavy atom. The Balaban J connectivity index is 0.000000137. The monoisotopic (exact) mass is 1960 g/mol. The van der Waals surface area contributed by atoms with Crippen molar-refractivity contribution in [2.24, 2.45) is 53.6 Å².